The number of nitrogens with zero attached hydrogens (tertiary/aromatic N) is 2. The van der Waals surface area contributed by atoms with Crippen molar-refractivity contribution in [2.45, 2.75) is 0 Å². The van der Waals surface area contributed by atoms with E-state index >= 15 is 0 Å². The number of fused-ring (bicyclic) bond motifs is 1. The van der Waals surface area contributed by atoms with Crippen molar-refractivity contribution in [2.24, 2.45) is 5.16 Å². The first kappa shape index (κ1) is 10.4. The van der Waals surface area contributed by atoms with Gasteiger partial charge in [0, 0.05) is 11.6 Å². The summed E-state index contributed by atoms with van der Waals surface area (Å²) in [5.41, 5.74) is 0.609. The van der Waals surface area contributed by atoms with E-state index in [2.05, 4.69) is 5.16 Å². The number of halogens is 1. The van der Waals surface area contributed by atoms with Crippen molar-refractivity contribution in [1.29, 1.82) is 0 Å². The summed E-state index contributed by atoms with van der Waals surface area (Å²) in [4.78, 5) is 0. The molecule has 14 heavy (non-hydrogen) atoms. The molecule has 0 fully saturated rings. The Morgan fingerprint density at radius 1 is 1.14 bits per heavy atom. The van der Waals surface area contributed by atoms with Gasteiger partial charge in [-0.2, -0.15) is 4.73 Å². The van der Waals surface area contributed by atoms with Crippen LogP contribution in [0, 0.1) is 0 Å². The van der Waals surface area contributed by atoms with E-state index in [1.807, 2.05) is 6.07 Å². The normalized spacial score (nSPS) is 11.3. The summed E-state index contributed by atoms with van der Waals surface area (Å²) in [5.74, 6) is 0. The summed E-state index contributed by atoms with van der Waals surface area (Å²) in [6, 6.07) is 8.66. The zero-order chi connectivity index (χ0) is 9.26. The van der Waals surface area contributed by atoms with E-state index in [9.17, 15) is 5.21 Å². The van der Waals surface area contributed by atoms with Gasteiger partial charge in [-0.25, -0.2) is 0 Å². The maximum absolute atomic E-state index is 9.38. The smallest absolute Gasteiger partial charge is 0.113 e. The largest absolute Gasteiger partial charge is 0.428 e. The lowest BCUT2D eigenvalue weighted by atomic mass is 10.2. The standard InChI is InChI=1S/C9H8N2O2.ClH/c12-10-8-5-6-11(13)9-4-2-1-3-7(8)9;/h1-6,12-13H;1H/b10-8-;. The minimum absolute atomic E-state index is 0. The fraction of sp³-hybridized carbons (Fsp3) is 0. The third-order valence-corrected chi connectivity index (χ3v) is 1.91. The SMILES string of the molecule is Cl.O/N=c1/ccn(O)c2ccccc12. The van der Waals surface area contributed by atoms with Crippen LogP contribution < -0.4 is 5.36 Å². The van der Waals surface area contributed by atoms with Crippen LogP contribution in [0.1, 0.15) is 0 Å². The maximum atomic E-state index is 9.38. The Hall–Kier alpha value is -1.68. The highest BCUT2D eigenvalue weighted by molar-refractivity contribution is 5.85. The molecule has 0 atom stereocenters. The van der Waals surface area contributed by atoms with Crippen molar-refractivity contribution < 1.29 is 10.4 Å². The third-order valence-electron chi connectivity index (χ3n) is 1.91. The van der Waals surface area contributed by atoms with Gasteiger partial charge in [0.15, 0.2) is 0 Å². The van der Waals surface area contributed by atoms with Gasteiger partial charge in [-0.3, -0.25) is 0 Å². The Labute approximate surface area is 86.1 Å². The lowest BCUT2D eigenvalue weighted by Crippen LogP contribution is -2.07. The number of hydrogen-bond donors (Lipinski definition) is 2. The summed E-state index contributed by atoms with van der Waals surface area (Å²) in [5, 5.41) is 22.3. The second-order valence-electron chi connectivity index (χ2n) is 2.66. The fourth-order valence-corrected chi connectivity index (χ4v) is 1.29. The molecule has 4 nitrogen and oxygen atoms in total. The Balaban J connectivity index is 0.000000980. The molecule has 0 saturated carbocycles. The molecular formula is C9H9ClN2O2. The number of benzene rings is 1. The minimum Gasteiger partial charge on any atom is -0.428 e. The van der Waals surface area contributed by atoms with Crippen LogP contribution in [0.4, 0.5) is 0 Å². The average molecular weight is 213 g/mol. The Bertz CT molecular complexity index is 507. The summed E-state index contributed by atoms with van der Waals surface area (Å²) in [6.45, 7) is 0. The molecule has 0 amide bonds. The average Bonchev–Trinajstić information content (AvgIpc) is 2.19. The molecule has 0 spiro atoms. The molecule has 0 saturated heterocycles. The monoisotopic (exact) mass is 212 g/mol. The first-order valence-corrected chi connectivity index (χ1v) is 3.80. The highest BCUT2D eigenvalue weighted by atomic mass is 35.5. The summed E-state index contributed by atoms with van der Waals surface area (Å²) < 4.78 is 0.990. The lowest BCUT2D eigenvalue weighted by Gasteiger charge is -2.02. The number of hydrogen-bond acceptors (Lipinski definition) is 3. The number of aromatic nitrogens is 1. The van der Waals surface area contributed by atoms with Gasteiger partial charge in [-0.15, -0.1) is 12.4 Å². The predicted octanol–water partition coefficient (Wildman–Crippen LogP) is 1.59. The molecule has 1 heterocycles. The molecule has 2 aromatic rings. The quantitative estimate of drug-likeness (QED) is 0.396. The highest BCUT2D eigenvalue weighted by Crippen LogP contribution is 2.06. The van der Waals surface area contributed by atoms with Crippen molar-refractivity contribution in [3.05, 3.63) is 41.9 Å². The van der Waals surface area contributed by atoms with Crippen LogP contribution in [0.25, 0.3) is 10.9 Å². The van der Waals surface area contributed by atoms with E-state index in [1.54, 1.807) is 18.2 Å². The predicted molar refractivity (Wildman–Crippen MR) is 53.7 cm³/mol. The van der Waals surface area contributed by atoms with Gasteiger partial charge < -0.3 is 10.4 Å². The molecule has 0 unspecified atom stereocenters. The van der Waals surface area contributed by atoms with Gasteiger partial charge >= 0.3 is 0 Å². The molecule has 1 aromatic heterocycles. The van der Waals surface area contributed by atoms with Crippen LogP contribution in [0.3, 0.4) is 0 Å². The molecule has 74 valence electrons. The third kappa shape index (κ3) is 1.52. The second-order valence-corrected chi connectivity index (χ2v) is 2.66. The van der Waals surface area contributed by atoms with Gasteiger partial charge in [0.1, 0.15) is 5.36 Å². The van der Waals surface area contributed by atoms with Crippen molar-refractivity contribution in [2.75, 3.05) is 0 Å². The van der Waals surface area contributed by atoms with E-state index in [0.717, 1.165) is 4.73 Å². The Morgan fingerprint density at radius 3 is 2.57 bits per heavy atom. The van der Waals surface area contributed by atoms with E-state index in [1.165, 1.54) is 12.3 Å². The van der Waals surface area contributed by atoms with Crippen LogP contribution in [-0.4, -0.2) is 15.1 Å². The molecule has 0 radical (unpaired) electrons. The topological polar surface area (TPSA) is 57.8 Å². The van der Waals surface area contributed by atoms with Crippen molar-refractivity contribution in [3.8, 4) is 0 Å². The molecule has 0 aliphatic rings. The Morgan fingerprint density at radius 2 is 1.86 bits per heavy atom. The van der Waals surface area contributed by atoms with Crippen molar-refractivity contribution >= 4 is 23.3 Å². The van der Waals surface area contributed by atoms with Gasteiger partial charge in [-0.05, 0) is 12.1 Å². The molecular weight excluding hydrogens is 204 g/mol. The van der Waals surface area contributed by atoms with Crippen LogP contribution >= 0.6 is 12.4 Å². The number of para-hydroxylation sites is 1. The molecule has 5 heteroatoms. The van der Waals surface area contributed by atoms with E-state index < -0.39 is 0 Å². The number of pyridine rings is 1. The molecule has 0 aliphatic heterocycles. The molecule has 1 aromatic carbocycles. The van der Waals surface area contributed by atoms with Crippen LogP contribution in [0.5, 0.6) is 0 Å². The zero-order valence-corrected chi connectivity index (χ0v) is 7.98. The van der Waals surface area contributed by atoms with Crippen molar-refractivity contribution in [3.63, 3.8) is 0 Å². The Kier molecular flexibility index (Phi) is 2.99. The summed E-state index contributed by atoms with van der Waals surface area (Å²) in [7, 11) is 0. The lowest BCUT2D eigenvalue weighted by molar-refractivity contribution is 0.197. The zero-order valence-electron chi connectivity index (χ0n) is 7.16. The molecule has 0 bridgehead atoms. The first-order chi connectivity index (χ1) is 6.33. The highest BCUT2D eigenvalue weighted by Gasteiger charge is 1.97. The van der Waals surface area contributed by atoms with Crippen LogP contribution in [0.15, 0.2) is 41.7 Å². The molecule has 2 rings (SSSR count). The first-order valence-electron chi connectivity index (χ1n) is 3.80. The maximum Gasteiger partial charge on any atom is 0.113 e. The van der Waals surface area contributed by atoms with E-state index in [0.29, 0.717) is 16.3 Å². The van der Waals surface area contributed by atoms with Gasteiger partial charge in [0.2, 0.25) is 0 Å². The fourth-order valence-electron chi connectivity index (χ4n) is 1.29. The minimum atomic E-state index is 0. The van der Waals surface area contributed by atoms with E-state index in [-0.39, 0.29) is 12.4 Å². The second kappa shape index (κ2) is 4.02. The van der Waals surface area contributed by atoms with Crippen LogP contribution in [-0.2, 0) is 0 Å². The van der Waals surface area contributed by atoms with Gasteiger partial charge in [0.05, 0.1) is 5.52 Å². The van der Waals surface area contributed by atoms with Gasteiger partial charge in [0.25, 0.3) is 0 Å². The van der Waals surface area contributed by atoms with Gasteiger partial charge in [-0.1, -0.05) is 23.4 Å². The van der Waals surface area contributed by atoms with Crippen molar-refractivity contribution in [1.82, 2.24) is 4.73 Å². The van der Waals surface area contributed by atoms with E-state index in [4.69, 9.17) is 5.21 Å². The molecule has 2 N–H and O–H groups in total. The summed E-state index contributed by atoms with van der Waals surface area (Å²) >= 11 is 0. The van der Waals surface area contributed by atoms with Crippen LogP contribution in [0.2, 0.25) is 0 Å². The number of rotatable bonds is 0. The summed E-state index contributed by atoms with van der Waals surface area (Å²) in [6.07, 6.45) is 1.43. The molecule has 0 aliphatic carbocycles.